The van der Waals surface area contributed by atoms with Gasteiger partial charge >= 0.3 is 5.97 Å². The SMILES string of the molecule is Cc1cc(Nc2ncc(C(=O)O)cc2Cl)ccc1Br. The summed E-state index contributed by atoms with van der Waals surface area (Å²) in [4.78, 5) is 14.8. The lowest BCUT2D eigenvalue weighted by molar-refractivity contribution is 0.0696. The maximum atomic E-state index is 10.8. The summed E-state index contributed by atoms with van der Waals surface area (Å²) in [7, 11) is 0. The van der Waals surface area contributed by atoms with Gasteiger partial charge in [-0.25, -0.2) is 9.78 Å². The van der Waals surface area contributed by atoms with Gasteiger partial charge in [0, 0.05) is 16.4 Å². The second-order valence-electron chi connectivity index (χ2n) is 3.95. The van der Waals surface area contributed by atoms with Gasteiger partial charge in [-0.1, -0.05) is 27.5 Å². The number of nitrogens with one attached hydrogen (secondary N) is 1. The van der Waals surface area contributed by atoms with Gasteiger partial charge in [-0.3, -0.25) is 0 Å². The first-order chi connectivity index (χ1) is 8.97. The Hall–Kier alpha value is -1.59. The van der Waals surface area contributed by atoms with Crippen LogP contribution in [-0.2, 0) is 0 Å². The highest BCUT2D eigenvalue weighted by molar-refractivity contribution is 9.10. The summed E-state index contributed by atoms with van der Waals surface area (Å²) in [5.74, 6) is -0.631. The number of carboxylic acids is 1. The van der Waals surface area contributed by atoms with Crippen molar-refractivity contribution in [2.45, 2.75) is 6.92 Å². The topological polar surface area (TPSA) is 62.2 Å². The van der Waals surface area contributed by atoms with E-state index in [-0.39, 0.29) is 10.6 Å². The second-order valence-corrected chi connectivity index (χ2v) is 5.21. The Balaban J connectivity index is 2.28. The Morgan fingerprint density at radius 1 is 1.42 bits per heavy atom. The van der Waals surface area contributed by atoms with E-state index in [1.165, 1.54) is 12.3 Å². The third kappa shape index (κ3) is 3.24. The average molecular weight is 342 g/mol. The normalized spacial score (nSPS) is 10.3. The number of aromatic carboxylic acids is 1. The summed E-state index contributed by atoms with van der Waals surface area (Å²) in [5.41, 5.74) is 1.96. The molecule has 6 heteroatoms. The Bertz CT molecular complexity index is 647. The number of carboxylic acid groups (broad SMARTS) is 1. The van der Waals surface area contributed by atoms with E-state index in [0.29, 0.717) is 5.82 Å². The molecule has 0 atom stereocenters. The molecule has 0 fully saturated rings. The first-order valence-corrected chi connectivity index (χ1v) is 6.56. The quantitative estimate of drug-likeness (QED) is 0.876. The maximum absolute atomic E-state index is 10.8. The molecule has 0 radical (unpaired) electrons. The molecule has 1 heterocycles. The van der Waals surface area contributed by atoms with Gasteiger partial charge in [-0.05, 0) is 36.8 Å². The van der Waals surface area contributed by atoms with Gasteiger partial charge in [0.15, 0.2) is 0 Å². The van der Waals surface area contributed by atoms with E-state index in [2.05, 4.69) is 26.2 Å². The molecular weight excluding hydrogens is 332 g/mol. The van der Waals surface area contributed by atoms with Crippen molar-refractivity contribution in [1.82, 2.24) is 4.98 Å². The van der Waals surface area contributed by atoms with E-state index in [1.54, 1.807) is 0 Å². The number of halogens is 2. The van der Waals surface area contributed by atoms with Crippen LogP contribution in [0.15, 0.2) is 34.9 Å². The molecule has 98 valence electrons. The summed E-state index contributed by atoms with van der Waals surface area (Å²) in [6, 6.07) is 7.09. The third-order valence-corrected chi connectivity index (χ3v) is 3.69. The number of nitrogens with zero attached hydrogens (tertiary/aromatic N) is 1. The van der Waals surface area contributed by atoms with Crippen LogP contribution in [0.3, 0.4) is 0 Å². The zero-order valence-electron chi connectivity index (χ0n) is 9.95. The van der Waals surface area contributed by atoms with Crippen LogP contribution in [0.1, 0.15) is 15.9 Å². The molecular formula is C13H10BrClN2O2. The lowest BCUT2D eigenvalue weighted by Gasteiger charge is -2.09. The number of aromatic nitrogens is 1. The Morgan fingerprint density at radius 2 is 2.16 bits per heavy atom. The fraction of sp³-hybridized carbons (Fsp3) is 0.0769. The smallest absolute Gasteiger partial charge is 0.337 e. The van der Waals surface area contributed by atoms with Crippen LogP contribution in [0.2, 0.25) is 5.02 Å². The lowest BCUT2D eigenvalue weighted by atomic mass is 10.2. The zero-order valence-corrected chi connectivity index (χ0v) is 12.3. The largest absolute Gasteiger partial charge is 0.478 e. The summed E-state index contributed by atoms with van der Waals surface area (Å²) < 4.78 is 1.01. The fourth-order valence-corrected chi connectivity index (χ4v) is 1.97. The molecule has 0 bridgehead atoms. The Labute approximate surface area is 123 Å². The van der Waals surface area contributed by atoms with Crippen molar-refractivity contribution in [2.75, 3.05) is 5.32 Å². The van der Waals surface area contributed by atoms with Gasteiger partial charge in [-0.15, -0.1) is 0 Å². The Morgan fingerprint density at radius 3 is 2.74 bits per heavy atom. The van der Waals surface area contributed by atoms with Crippen LogP contribution in [0.5, 0.6) is 0 Å². The summed E-state index contributed by atoms with van der Waals surface area (Å²) >= 11 is 9.42. The number of rotatable bonds is 3. The van der Waals surface area contributed by atoms with E-state index in [9.17, 15) is 4.79 Å². The second kappa shape index (κ2) is 5.59. The molecule has 4 nitrogen and oxygen atoms in total. The molecule has 0 saturated carbocycles. The first-order valence-electron chi connectivity index (χ1n) is 5.39. The summed E-state index contributed by atoms with van der Waals surface area (Å²) in [6.45, 7) is 1.97. The number of hydrogen-bond donors (Lipinski definition) is 2. The van der Waals surface area contributed by atoms with Crippen molar-refractivity contribution in [3.63, 3.8) is 0 Å². The van der Waals surface area contributed by atoms with Crippen LogP contribution >= 0.6 is 27.5 Å². The van der Waals surface area contributed by atoms with Crippen LogP contribution in [-0.4, -0.2) is 16.1 Å². The molecule has 1 aromatic carbocycles. The van der Waals surface area contributed by atoms with Gasteiger partial charge in [0.2, 0.25) is 0 Å². The monoisotopic (exact) mass is 340 g/mol. The van der Waals surface area contributed by atoms with Crippen molar-refractivity contribution >= 4 is 45.0 Å². The number of aryl methyl sites for hydroxylation is 1. The number of benzene rings is 1. The molecule has 0 aliphatic rings. The molecule has 0 saturated heterocycles. The van der Waals surface area contributed by atoms with Crippen molar-refractivity contribution in [3.05, 3.63) is 51.1 Å². The van der Waals surface area contributed by atoms with E-state index in [1.807, 2.05) is 25.1 Å². The molecule has 0 aliphatic carbocycles. The van der Waals surface area contributed by atoms with Gasteiger partial charge in [0.05, 0.1) is 10.6 Å². The van der Waals surface area contributed by atoms with E-state index < -0.39 is 5.97 Å². The van der Waals surface area contributed by atoms with E-state index in [0.717, 1.165) is 15.7 Å². The highest BCUT2D eigenvalue weighted by Gasteiger charge is 2.09. The summed E-state index contributed by atoms with van der Waals surface area (Å²) in [6.07, 6.45) is 1.27. The molecule has 0 unspecified atom stereocenters. The van der Waals surface area contributed by atoms with E-state index in [4.69, 9.17) is 16.7 Å². The van der Waals surface area contributed by atoms with Gasteiger partial charge in [0.1, 0.15) is 5.82 Å². The molecule has 2 N–H and O–H groups in total. The predicted octanol–water partition coefficient (Wildman–Crippen LogP) is 4.25. The van der Waals surface area contributed by atoms with Crippen LogP contribution < -0.4 is 5.32 Å². The molecule has 2 aromatic rings. The standard InChI is InChI=1S/C13H10BrClN2O2/c1-7-4-9(2-3-10(7)14)17-12-11(15)5-8(6-16-12)13(18)19/h2-6H,1H3,(H,16,17)(H,18,19). The predicted molar refractivity (Wildman–Crippen MR) is 78.4 cm³/mol. The van der Waals surface area contributed by atoms with Gasteiger partial charge in [0.25, 0.3) is 0 Å². The van der Waals surface area contributed by atoms with Crippen LogP contribution in [0.4, 0.5) is 11.5 Å². The first kappa shape index (κ1) is 13.8. The minimum atomic E-state index is -1.06. The number of anilines is 2. The highest BCUT2D eigenvalue weighted by Crippen LogP contribution is 2.26. The average Bonchev–Trinajstić information content (AvgIpc) is 2.36. The highest BCUT2D eigenvalue weighted by atomic mass is 79.9. The van der Waals surface area contributed by atoms with Crippen molar-refractivity contribution in [2.24, 2.45) is 0 Å². The van der Waals surface area contributed by atoms with Crippen molar-refractivity contribution in [3.8, 4) is 0 Å². The molecule has 2 rings (SSSR count). The molecule has 0 spiro atoms. The van der Waals surface area contributed by atoms with Gasteiger partial charge in [-0.2, -0.15) is 0 Å². The number of carbonyl (C=O) groups is 1. The van der Waals surface area contributed by atoms with E-state index >= 15 is 0 Å². The maximum Gasteiger partial charge on any atom is 0.337 e. The fourth-order valence-electron chi connectivity index (χ4n) is 1.51. The summed E-state index contributed by atoms with van der Waals surface area (Å²) in [5, 5.41) is 12.1. The molecule has 1 aromatic heterocycles. The number of pyridine rings is 1. The van der Waals surface area contributed by atoms with Crippen molar-refractivity contribution < 1.29 is 9.90 Å². The van der Waals surface area contributed by atoms with Crippen LogP contribution in [0, 0.1) is 6.92 Å². The van der Waals surface area contributed by atoms with Crippen molar-refractivity contribution in [1.29, 1.82) is 0 Å². The van der Waals surface area contributed by atoms with Gasteiger partial charge < -0.3 is 10.4 Å². The van der Waals surface area contributed by atoms with Crippen LogP contribution in [0.25, 0.3) is 0 Å². The molecule has 0 amide bonds. The Kier molecular flexibility index (Phi) is 4.07. The lowest BCUT2D eigenvalue weighted by Crippen LogP contribution is -2.00. The minimum Gasteiger partial charge on any atom is -0.478 e. The molecule has 0 aliphatic heterocycles. The number of hydrogen-bond acceptors (Lipinski definition) is 3. The molecule has 19 heavy (non-hydrogen) atoms. The third-order valence-electron chi connectivity index (χ3n) is 2.51. The minimum absolute atomic E-state index is 0.0579. The zero-order chi connectivity index (χ0) is 14.0.